The zero-order valence-corrected chi connectivity index (χ0v) is 8.99. The number of fused-ring (bicyclic) bond motifs is 1. The van der Waals surface area contributed by atoms with Crippen LogP contribution < -0.4 is 5.32 Å². The Morgan fingerprint density at radius 2 is 2.25 bits per heavy atom. The summed E-state index contributed by atoms with van der Waals surface area (Å²) in [5.41, 5.74) is 2.37. The third kappa shape index (κ3) is 1.34. The number of aromatic amines is 1. The number of aryl methyl sites for hydroxylation is 1. The van der Waals surface area contributed by atoms with Crippen molar-refractivity contribution in [1.29, 1.82) is 0 Å². The second-order valence-electron chi connectivity index (χ2n) is 3.76. The molecule has 0 saturated heterocycles. The molecule has 6 nitrogen and oxygen atoms in total. The molecule has 2 N–H and O–H groups in total. The van der Waals surface area contributed by atoms with Gasteiger partial charge in [0.25, 0.3) is 0 Å². The predicted molar refractivity (Wildman–Crippen MR) is 59.0 cm³/mol. The minimum absolute atomic E-state index is 0.613. The van der Waals surface area contributed by atoms with Gasteiger partial charge < -0.3 is 5.32 Å². The Bertz CT molecular complexity index is 504. The molecule has 0 saturated carbocycles. The van der Waals surface area contributed by atoms with E-state index in [2.05, 4.69) is 30.5 Å². The molecular weight excluding hydrogens is 204 g/mol. The van der Waals surface area contributed by atoms with Crippen LogP contribution in [0.1, 0.15) is 17.7 Å². The molecule has 0 aromatic carbocycles. The number of nitrogens with zero attached hydrogens (tertiary/aromatic N) is 4. The molecule has 6 heteroatoms. The number of rotatable bonds is 2. The first-order valence-corrected chi connectivity index (χ1v) is 5.32. The number of nitrogens with one attached hydrogen (secondary N) is 2. The molecule has 2 aromatic rings. The van der Waals surface area contributed by atoms with Gasteiger partial charge in [-0.2, -0.15) is 5.10 Å². The van der Waals surface area contributed by atoms with Gasteiger partial charge in [0, 0.05) is 18.3 Å². The Kier molecular flexibility index (Phi) is 2.05. The van der Waals surface area contributed by atoms with E-state index in [-0.39, 0.29) is 0 Å². The largest absolute Gasteiger partial charge is 0.373 e. The normalized spacial score (nSPS) is 13.8. The lowest BCUT2D eigenvalue weighted by molar-refractivity contribution is 0.899. The molecule has 16 heavy (non-hydrogen) atoms. The van der Waals surface area contributed by atoms with Gasteiger partial charge in [0.15, 0.2) is 11.6 Å². The SMILES string of the molecule is CNc1nc(-c2ncn[nH]2)nc2c1CCC2. The third-order valence-electron chi connectivity index (χ3n) is 2.80. The summed E-state index contributed by atoms with van der Waals surface area (Å²) in [6.45, 7) is 0. The van der Waals surface area contributed by atoms with Crippen molar-refractivity contribution in [3.63, 3.8) is 0 Å². The summed E-state index contributed by atoms with van der Waals surface area (Å²) in [4.78, 5) is 13.0. The molecule has 0 unspecified atom stereocenters. The van der Waals surface area contributed by atoms with Gasteiger partial charge in [0.05, 0.1) is 0 Å². The van der Waals surface area contributed by atoms with Crippen LogP contribution in [0.4, 0.5) is 5.82 Å². The van der Waals surface area contributed by atoms with Gasteiger partial charge in [-0.15, -0.1) is 0 Å². The van der Waals surface area contributed by atoms with Crippen LogP contribution in [0.15, 0.2) is 6.33 Å². The lowest BCUT2D eigenvalue weighted by Gasteiger charge is -2.07. The van der Waals surface area contributed by atoms with Crippen molar-refractivity contribution in [3.05, 3.63) is 17.6 Å². The van der Waals surface area contributed by atoms with Crippen molar-refractivity contribution in [3.8, 4) is 11.6 Å². The topological polar surface area (TPSA) is 79.4 Å². The second kappa shape index (κ2) is 3.55. The number of H-pyrrole nitrogens is 1. The van der Waals surface area contributed by atoms with Crippen LogP contribution in [-0.2, 0) is 12.8 Å². The van der Waals surface area contributed by atoms with Crippen LogP contribution >= 0.6 is 0 Å². The van der Waals surface area contributed by atoms with Gasteiger partial charge >= 0.3 is 0 Å². The fourth-order valence-corrected chi connectivity index (χ4v) is 2.06. The van der Waals surface area contributed by atoms with Gasteiger partial charge in [-0.3, -0.25) is 5.10 Å². The van der Waals surface area contributed by atoms with Gasteiger partial charge in [0.2, 0.25) is 0 Å². The number of hydrogen-bond acceptors (Lipinski definition) is 5. The molecule has 2 aromatic heterocycles. The first kappa shape index (κ1) is 9.26. The van der Waals surface area contributed by atoms with E-state index in [4.69, 9.17) is 0 Å². The van der Waals surface area contributed by atoms with E-state index >= 15 is 0 Å². The number of aromatic nitrogens is 5. The molecule has 3 rings (SSSR count). The highest BCUT2D eigenvalue weighted by Crippen LogP contribution is 2.27. The van der Waals surface area contributed by atoms with Crippen molar-refractivity contribution >= 4 is 5.82 Å². The van der Waals surface area contributed by atoms with Crippen LogP contribution in [0.25, 0.3) is 11.6 Å². The van der Waals surface area contributed by atoms with Crippen molar-refractivity contribution in [2.75, 3.05) is 12.4 Å². The van der Waals surface area contributed by atoms with E-state index in [9.17, 15) is 0 Å². The van der Waals surface area contributed by atoms with Crippen molar-refractivity contribution in [2.24, 2.45) is 0 Å². The molecule has 0 aliphatic heterocycles. The van der Waals surface area contributed by atoms with Gasteiger partial charge in [-0.1, -0.05) is 0 Å². The summed E-state index contributed by atoms with van der Waals surface area (Å²) >= 11 is 0. The monoisotopic (exact) mass is 216 g/mol. The fourth-order valence-electron chi connectivity index (χ4n) is 2.06. The van der Waals surface area contributed by atoms with E-state index in [0.29, 0.717) is 11.6 Å². The Balaban J connectivity index is 2.15. The quantitative estimate of drug-likeness (QED) is 0.776. The molecule has 0 amide bonds. The third-order valence-corrected chi connectivity index (χ3v) is 2.80. The van der Waals surface area contributed by atoms with Gasteiger partial charge in [-0.05, 0) is 19.3 Å². The summed E-state index contributed by atoms with van der Waals surface area (Å²) in [6.07, 6.45) is 4.69. The Hall–Kier alpha value is -1.98. The maximum Gasteiger partial charge on any atom is 0.199 e. The van der Waals surface area contributed by atoms with Crippen LogP contribution in [0, 0.1) is 0 Å². The minimum Gasteiger partial charge on any atom is -0.373 e. The highest BCUT2D eigenvalue weighted by atomic mass is 15.2. The molecule has 0 atom stereocenters. The van der Waals surface area contributed by atoms with E-state index in [1.165, 1.54) is 11.9 Å². The zero-order valence-electron chi connectivity index (χ0n) is 8.99. The first-order chi connectivity index (χ1) is 7.88. The number of anilines is 1. The molecular formula is C10H12N6. The highest BCUT2D eigenvalue weighted by Gasteiger charge is 2.19. The predicted octanol–water partition coefficient (Wildman–Crippen LogP) is 0.792. The first-order valence-electron chi connectivity index (χ1n) is 5.32. The molecule has 2 heterocycles. The smallest absolute Gasteiger partial charge is 0.199 e. The maximum atomic E-state index is 4.52. The van der Waals surface area contributed by atoms with Crippen LogP contribution in [0.2, 0.25) is 0 Å². The summed E-state index contributed by atoms with van der Waals surface area (Å²) in [6, 6.07) is 0. The number of hydrogen-bond donors (Lipinski definition) is 2. The van der Waals surface area contributed by atoms with E-state index < -0.39 is 0 Å². The Labute approximate surface area is 92.5 Å². The molecule has 0 bridgehead atoms. The average Bonchev–Trinajstić information content (AvgIpc) is 2.97. The van der Waals surface area contributed by atoms with Crippen molar-refractivity contribution in [1.82, 2.24) is 25.1 Å². The molecule has 1 aliphatic carbocycles. The minimum atomic E-state index is 0.613. The van der Waals surface area contributed by atoms with Gasteiger partial charge in [-0.25, -0.2) is 15.0 Å². The average molecular weight is 216 g/mol. The fraction of sp³-hybridized carbons (Fsp3) is 0.400. The Morgan fingerprint density at radius 1 is 1.31 bits per heavy atom. The van der Waals surface area contributed by atoms with Gasteiger partial charge in [0.1, 0.15) is 12.1 Å². The van der Waals surface area contributed by atoms with Crippen LogP contribution in [0.3, 0.4) is 0 Å². The molecule has 82 valence electrons. The molecule has 0 spiro atoms. The van der Waals surface area contributed by atoms with E-state index in [1.807, 2.05) is 7.05 Å². The standard InChI is InChI=1S/C10H12N6/c1-11-8-6-3-2-4-7(6)14-10(15-8)9-12-5-13-16-9/h5H,2-4H2,1H3,(H,11,14,15)(H,12,13,16). The summed E-state index contributed by atoms with van der Waals surface area (Å²) < 4.78 is 0. The zero-order chi connectivity index (χ0) is 11.0. The van der Waals surface area contributed by atoms with E-state index in [0.717, 1.165) is 30.8 Å². The second-order valence-corrected chi connectivity index (χ2v) is 3.76. The molecule has 0 radical (unpaired) electrons. The molecule has 1 aliphatic rings. The summed E-state index contributed by atoms with van der Waals surface area (Å²) in [5.74, 6) is 2.14. The van der Waals surface area contributed by atoms with Crippen LogP contribution in [0.5, 0.6) is 0 Å². The summed E-state index contributed by atoms with van der Waals surface area (Å²) in [5, 5.41) is 9.71. The highest BCUT2D eigenvalue weighted by molar-refractivity contribution is 5.55. The van der Waals surface area contributed by atoms with E-state index in [1.54, 1.807) is 0 Å². The van der Waals surface area contributed by atoms with Crippen molar-refractivity contribution in [2.45, 2.75) is 19.3 Å². The summed E-state index contributed by atoms with van der Waals surface area (Å²) in [7, 11) is 1.88. The molecule has 0 fully saturated rings. The van der Waals surface area contributed by atoms with Crippen molar-refractivity contribution < 1.29 is 0 Å². The lowest BCUT2D eigenvalue weighted by atomic mass is 10.2. The Morgan fingerprint density at radius 3 is 3.00 bits per heavy atom. The lowest BCUT2D eigenvalue weighted by Crippen LogP contribution is -2.04. The van der Waals surface area contributed by atoms with Crippen LogP contribution in [-0.4, -0.2) is 32.2 Å². The maximum absolute atomic E-state index is 4.52.